The lowest BCUT2D eigenvalue weighted by Gasteiger charge is -2.11. The van der Waals surface area contributed by atoms with E-state index in [1.165, 1.54) is 9.96 Å². The molecule has 1 aromatic carbocycles. The molecule has 0 spiro atoms. The number of ether oxygens (including phenoxy) is 1. The van der Waals surface area contributed by atoms with Crippen LogP contribution in [0.3, 0.4) is 0 Å². The zero-order valence-electron chi connectivity index (χ0n) is 17.1. The van der Waals surface area contributed by atoms with Gasteiger partial charge in [0.2, 0.25) is 0 Å². The second-order valence-electron chi connectivity index (χ2n) is 7.28. The van der Waals surface area contributed by atoms with E-state index in [-0.39, 0.29) is 11.5 Å². The van der Waals surface area contributed by atoms with Gasteiger partial charge in [-0.15, -0.1) is 0 Å². The summed E-state index contributed by atoms with van der Waals surface area (Å²) in [5, 5.41) is 3.39. The highest BCUT2D eigenvalue weighted by Crippen LogP contribution is 2.17. The predicted octanol–water partition coefficient (Wildman–Crippen LogP) is 2.92. The first kappa shape index (κ1) is 19.8. The molecule has 1 N–H and O–H groups in total. The predicted molar refractivity (Wildman–Crippen MR) is 116 cm³/mol. The third-order valence-electron chi connectivity index (χ3n) is 5.11. The second kappa shape index (κ2) is 8.51. The Hall–Kier alpha value is -3.45. The van der Waals surface area contributed by atoms with E-state index >= 15 is 0 Å². The van der Waals surface area contributed by atoms with Gasteiger partial charge < -0.3 is 14.6 Å². The highest BCUT2D eigenvalue weighted by molar-refractivity contribution is 5.98. The van der Waals surface area contributed by atoms with Gasteiger partial charge in [0.1, 0.15) is 17.0 Å². The quantitative estimate of drug-likeness (QED) is 0.481. The molecule has 0 bridgehead atoms. The van der Waals surface area contributed by atoms with Crippen molar-refractivity contribution in [1.82, 2.24) is 19.3 Å². The van der Waals surface area contributed by atoms with E-state index in [0.717, 1.165) is 5.56 Å². The van der Waals surface area contributed by atoms with Crippen LogP contribution in [0.1, 0.15) is 28.0 Å². The van der Waals surface area contributed by atoms with Crippen LogP contribution in [0.25, 0.3) is 16.7 Å². The van der Waals surface area contributed by atoms with E-state index < -0.39 is 0 Å². The summed E-state index contributed by atoms with van der Waals surface area (Å²) in [5.74, 6) is -0.237. The smallest absolute Gasteiger partial charge is 0.268 e. The monoisotopic (exact) mass is 404 g/mol. The molecule has 3 aromatic heterocycles. The Bertz CT molecular complexity index is 1260. The Labute approximate surface area is 173 Å². The van der Waals surface area contributed by atoms with Gasteiger partial charge in [-0.05, 0) is 37.1 Å². The number of carbonyl (C=O) groups is 1. The minimum Gasteiger partial charge on any atom is -0.385 e. The Morgan fingerprint density at radius 1 is 1.17 bits per heavy atom. The SMILES string of the molecule is COCCCn1c(C(=O)NCc2ccc(C)cc2)cc2c(=O)n3ccccc3nc21. The van der Waals surface area contributed by atoms with Crippen molar-refractivity contribution >= 4 is 22.6 Å². The number of aryl methyl sites for hydroxylation is 2. The third kappa shape index (κ3) is 3.84. The van der Waals surface area contributed by atoms with E-state index in [0.29, 0.717) is 48.5 Å². The molecule has 4 rings (SSSR count). The standard InChI is InChI=1S/C23H24N4O3/c1-16-7-9-17(10-8-16)15-24-22(28)19-14-18-21(26(19)12-5-13-30-2)25-20-6-3-4-11-27(20)23(18)29/h3-4,6-11,14H,5,12-13,15H2,1-2H3,(H,24,28). The first-order valence-electron chi connectivity index (χ1n) is 9.92. The summed E-state index contributed by atoms with van der Waals surface area (Å²) in [4.78, 5) is 30.6. The topological polar surface area (TPSA) is 77.6 Å². The van der Waals surface area contributed by atoms with Crippen molar-refractivity contribution < 1.29 is 9.53 Å². The number of methoxy groups -OCH3 is 1. The van der Waals surface area contributed by atoms with Gasteiger partial charge in [0.15, 0.2) is 0 Å². The summed E-state index contributed by atoms with van der Waals surface area (Å²) in [5.41, 5.74) is 3.49. The Morgan fingerprint density at radius 3 is 2.73 bits per heavy atom. The van der Waals surface area contributed by atoms with Gasteiger partial charge in [0.25, 0.3) is 11.5 Å². The average Bonchev–Trinajstić information content (AvgIpc) is 3.12. The lowest BCUT2D eigenvalue weighted by atomic mass is 10.1. The molecule has 0 saturated carbocycles. The Balaban J connectivity index is 1.72. The summed E-state index contributed by atoms with van der Waals surface area (Å²) in [6.07, 6.45) is 2.39. The van der Waals surface area contributed by atoms with Crippen molar-refractivity contribution in [3.63, 3.8) is 0 Å². The molecule has 0 atom stereocenters. The van der Waals surface area contributed by atoms with Gasteiger partial charge in [-0.1, -0.05) is 35.9 Å². The minimum atomic E-state index is -0.237. The van der Waals surface area contributed by atoms with E-state index in [2.05, 4.69) is 10.3 Å². The molecule has 0 radical (unpaired) electrons. The van der Waals surface area contributed by atoms with Crippen molar-refractivity contribution in [2.75, 3.05) is 13.7 Å². The number of hydrogen-bond acceptors (Lipinski definition) is 4. The highest BCUT2D eigenvalue weighted by atomic mass is 16.5. The molecule has 0 aliphatic rings. The molecule has 0 aliphatic heterocycles. The molecule has 0 aliphatic carbocycles. The molecule has 4 aromatic rings. The van der Waals surface area contributed by atoms with E-state index in [9.17, 15) is 9.59 Å². The fourth-order valence-electron chi connectivity index (χ4n) is 3.51. The molecule has 0 unspecified atom stereocenters. The average molecular weight is 404 g/mol. The fraction of sp³-hybridized carbons (Fsp3) is 0.261. The Kier molecular flexibility index (Phi) is 5.63. The lowest BCUT2D eigenvalue weighted by molar-refractivity contribution is 0.0941. The van der Waals surface area contributed by atoms with Gasteiger partial charge in [0.05, 0.1) is 5.39 Å². The van der Waals surface area contributed by atoms with Gasteiger partial charge >= 0.3 is 0 Å². The van der Waals surface area contributed by atoms with E-state index in [1.807, 2.05) is 41.8 Å². The summed E-state index contributed by atoms with van der Waals surface area (Å²) in [7, 11) is 1.64. The second-order valence-corrected chi connectivity index (χ2v) is 7.28. The van der Waals surface area contributed by atoms with Crippen molar-refractivity contribution in [1.29, 1.82) is 0 Å². The maximum absolute atomic E-state index is 13.0. The first-order valence-corrected chi connectivity index (χ1v) is 9.92. The zero-order chi connectivity index (χ0) is 21.1. The van der Waals surface area contributed by atoms with Crippen LogP contribution in [-0.2, 0) is 17.8 Å². The molecular weight excluding hydrogens is 380 g/mol. The fourth-order valence-corrected chi connectivity index (χ4v) is 3.51. The summed E-state index contributed by atoms with van der Waals surface area (Å²) < 4.78 is 8.47. The van der Waals surface area contributed by atoms with Crippen LogP contribution in [0.5, 0.6) is 0 Å². The molecule has 7 nitrogen and oxygen atoms in total. The minimum absolute atomic E-state index is 0.186. The molecular formula is C23H24N4O3. The lowest BCUT2D eigenvalue weighted by Crippen LogP contribution is -2.25. The number of rotatable bonds is 7. The van der Waals surface area contributed by atoms with Crippen LogP contribution in [0.15, 0.2) is 59.5 Å². The van der Waals surface area contributed by atoms with E-state index in [1.54, 1.807) is 31.5 Å². The van der Waals surface area contributed by atoms with Crippen molar-refractivity contribution in [3.05, 3.63) is 81.9 Å². The first-order chi connectivity index (χ1) is 14.6. The van der Waals surface area contributed by atoms with Crippen LogP contribution in [0, 0.1) is 6.92 Å². The number of hydrogen-bond donors (Lipinski definition) is 1. The molecule has 30 heavy (non-hydrogen) atoms. The Morgan fingerprint density at radius 2 is 1.97 bits per heavy atom. The molecule has 154 valence electrons. The van der Waals surface area contributed by atoms with Crippen LogP contribution in [0.2, 0.25) is 0 Å². The number of aromatic nitrogens is 3. The summed E-state index contributed by atoms with van der Waals surface area (Å²) >= 11 is 0. The zero-order valence-corrected chi connectivity index (χ0v) is 17.1. The summed E-state index contributed by atoms with van der Waals surface area (Å²) in [6.45, 7) is 3.51. The number of nitrogens with one attached hydrogen (secondary N) is 1. The molecule has 3 heterocycles. The normalized spacial score (nSPS) is 11.3. The maximum atomic E-state index is 13.0. The number of amides is 1. The van der Waals surface area contributed by atoms with Gasteiger partial charge in [-0.2, -0.15) is 0 Å². The maximum Gasteiger partial charge on any atom is 0.268 e. The van der Waals surface area contributed by atoms with Gasteiger partial charge in [0, 0.05) is 33.0 Å². The molecule has 0 fully saturated rings. The summed E-state index contributed by atoms with van der Waals surface area (Å²) in [6, 6.07) is 15.0. The van der Waals surface area contributed by atoms with Crippen molar-refractivity contribution in [3.8, 4) is 0 Å². The van der Waals surface area contributed by atoms with Gasteiger partial charge in [-0.25, -0.2) is 4.98 Å². The van der Waals surface area contributed by atoms with Gasteiger partial charge in [-0.3, -0.25) is 14.0 Å². The van der Waals surface area contributed by atoms with Crippen molar-refractivity contribution in [2.45, 2.75) is 26.4 Å². The molecule has 0 saturated heterocycles. The number of nitrogens with zero attached hydrogens (tertiary/aromatic N) is 3. The van der Waals surface area contributed by atoms with Crippen LogP contribution >= 0.6 is 0 Å². The van der Waals surface area contributed by atoms with E-state index in [4.69, 9.17) is 4.74 Å². The largest absolute Gasteiger partial charge is 0.385 e. The van der Waals surface area contributed by atoms with Crippen LogP contribution in [0.4, 0.5) is 0 Å². The number of benzene rings is 1. The molecule has 7 heteroatoms. The third-order valence-corrected chi connectivity index (χ3v) is 5.11. The molecule has 1 amide bonds. The number of carbonyl (C=O) groups excluding carboxylic acids is 1. The number of pyridine rings is 1. The van der Waals surface area contributed by atoms with Crippen LogP contribution in [-0.4, -0.2) is 33.6 Å². The van der Waals surface area contributed by atoms with Crippen molar-refractivity contribution in [2.24, 2.45) is 0 Å². The van der Waals surface area contributed by atoms with Crippen LogP contribution < -0.4 is 10.9 Å². The number of fused-ring (bicyclic) bond motifs is 2. The highest BCUT2D eigenvalue weighted by Gasteiger charge is 2.19.